The topological polar surface area (TPSA) is 152 Å². The first-order chi connectivity index (χ1) is 35.0. The smallest absolute Gasteiger partial charge is 0.512 e. The van der Waals surface area contributed by atoms with Gasteiger partial charge in [-0.05, 0) is 47.0 Å². The van der Waals surface area contributed by atoms with Crippen LogP contribution in [0.1, 0.15) is 0 Å². The quantitative estimate of drug-likeness (QED) is 0.124. The first-order valence-corrected chi connectivity index (χ1v) is 20.0. The van der Waals surface area contributed by atoms with Crippen LogP contribution in [0.15, 0.2) is 184 Å². The molecule has 0 bridgehead atoms. The maximum atomic E-state index is 13.2. The van der Waals surface area contributed by atoms with Gasteiger partial charge in [-0.1, -0.05) is 95.1 Å². The van der Waals surface area contributed by atoms with Crippen LogP contribution in [0.3, 0.4) is 0 Å². The third-order valence-electron chi connectivity index (χ3n) is 8.57. The number of carbonyl (C=O) groups excluding carboxylic acids is 1. The van der Waals surface area contributed by atoms with Gasteiger partial charge in [-0.25, -0.2) is 14.8 Å². The number of benzene rings is 4. The molecule has 375 valence electrons. The third kappa shape index (κ3) is 19.1. The van der Waals surface area contributed by atoms with Crippen molar-refractivity contribution in [3.8, 4) is 45.0 Å². The Hall–Kier alpha value is -8.71. The number of rotatable bonds is 4. The van der Waals surface area contributed by atoms with Gasteiger partial charge in [0.05, 0.1) is 0 Å². The molecule has 0 fully saturated rings. The van der Waals surface area contributed by atoms with Crippen LogP contribution in [0.2, 0.25) is 0 Å². The van der Waals surface area contributed by atoms with Crippen LogP contribution in [0.5, 0.6) is 0 Å². The first-order valence-electron chi connectivity index (χ1n) is 20.0. The van der Waals surface area contributed by atoms with Gasteiger partial charge in [-0.15, -0.1) is 48.5 Å². The second kappa shape index (κ2) is 33.0. The zero-order chi connectivity index (χ0) is 52.3. The third-order valence-corrected chi connectivity index (χ3v) is 8.57. The Balaban J connectivity index is 0.000000309. The molecular weight excluding hydrogens is 1330 g/mol. The summed E-state index contributed by atoms with van der Waals surface area (Å²) in [6.07, 6.45) is 15.4. The molecule has 11 nitrogen and oxygen atoms in total. The minimum Gasteiger partial charge on any atom is -0.512 e. The zero-order valence-corrected chi connectivity index (χ0v) is 42.2. The molecule has 0 unspecified atom stereocenters. The second-order valence-corrected chi connectivity index (χ2v) is 13.2. The normalized spacial score (nSPS) is 9.35. The van der Waals surface area contributed by atoms with Crippen LogP contribution in [-0.2, 0) is 40.2 Å². The van der Waals surface area contributed by atoms with Crippen LogP contribution in [0.25, 0.3) is 45.0 Å². The van der Waals surface area contributed by atoms with Crippen molar-refractivity contribution in [2.24, 2.45) is 0 Å². The van der Waals surface area contributed by atoms with E-state index in [1.54, 1.807) is 122 Å². The van der Waals surface area contributed by atoms with Crippen molar-refractivity contribution in [2.45, 2.75) is 0 Å². The van der Waals surface area contributed by atoms with E-state index < -0.39 is 46.5 Å². The Kier molecular flexibility index (Phi) is 27.4. The van der Waals surface area contributed by atoms with Crippen molar-refractivity contribution in [3.05, 3.63) is 268 Å². The van der Waals surface area contributed by atoms with E-state index in [0.717, 1.165) is 48.5 Å². The Morgan fingerprint density at radius 3 is 0.838 bits per heavy atom. The number of hydrogen-bond acceptors (Lipinski definition) is 9. The van der Waals surface area contributed by atoms with Crippen LogP contribution < -0.4 is 0 Å². The van der Waals surface area contributed by atoms with E-state index in [2.05, 4.69) is 54.2 Å². The van der Waals surface area contributed by atoms with Crippen molar-refractivity contribution >= 4 is 6.03 Å². The van der Waals surface area contributed by atoms with Gasteiger partial charge in [0.2, 0.25) is 0 Å². The molecule has 10 aromatic rings. The summed E-state index contributed by atoms with van der Waals surface area (Å²) in [6, 6.07) is 37.9. The monoisotopic (exact) mass is 1360 g/mol. The van der Waals surface area contributed by atoms with E-state index in [0.29, 0.717) is 22.8 Å². The summed E-state index contributed by atoms with van der Waals surface area (Å²) >= 11 is 0. The fourth-order valence-electron chi connectivity index (χ4n) is 5.49. The summed E-state index contributed by atoms with van der Waals surface area (Å²) in [6.45, 7) is 9.50. The van der Waals surface area contributed by atoms with Gasteiger partial charge in [0.25, 0.3) is 0 Å². The van der Waals surface area contributed by atoms with Gasteiger partial charge in [0.15, 0.2) is 0 Å². The largest absolute Gasteiger partial charge is 3.00 e. The minimum absolute atomic E-state index is 0. The summed E-state index contributed by atoms with van der Waals surface area (Å²) in [7, 11) is 0. The molecular formula is C53H30F8Ir2N10O-3. The van der Waals surface area contributed by atoms with Gasteiger partial charge >= 0.3 is 26.1 Å². The molecule has 0 saturated carbocycles. The van der Waals surface area contributed by atoms with Crippen molar-refractivity contribution < 1.29 is 80.1 Å². The maximum Gasteiger partial charge on any atom is 3.00 e. The van der Waals surface area contributed by atoms with Crippen LogP contribution in [-0.4, -0.2) is 45.1 Å². The maximum absolute atomic E-state index is 13.2. The van der Waals surface area contributed by atoms with E-state index >= 15 is 0 Å². The average Bonchev–Trinajstić information content (AvgIpc) is 4.17. The number of imidazole rings is 2. The van der Waals surface area contributed by atoms with Crippen LogP contribution in [0.4, 0.5) is 39.9 Å². The summed E-state index contributed by atoms with van der Waals surface area (Å²) < 4.78 is 106. The molecule has 0 aliphatic carbocycles. The molecule has 74 heavy (non-hydrogen) atoms. The first kappa shape index (κ1) is 61.4. The standard InChI is InChI=1S/4C11H6F2N.C7H6N4O.2CN.2Ir/c4*12-8-4-5-9(10(13)7-8)11-3-1-2-6-14-11;12-7(10-3-1-8-5-10)11-4-2-9-6-11;2*1-2;;/h4*1-4,6-7H;1-6H;;;;/q4*-1;;2*-1;;+3. The molecule has 0 N–H and O–H groups in total. The van der Waals surface area contributed by atoms with Crippen molar-refractivity contribution in [1.29, 1.82) is 10.5 Å². The van der Waals surface area contributed by atoms with Gasteiger partial charge < -0.3 is 43.6 Å². The van der Waals surface area contributed by atoms with E-state index in [9.17, 15) is 39.9 Å². The predicted molar refractivity (Wildman–Crippen MR) is 244 cm³/mol. The molecule has 6 heterocycles. The van der Waals surface area contributed by atoms with E-state index in [1.165, 1.54) is 21.8 Å². The number of nitrogens with zero attached hydrogens (tertiary/aromatic N) is 10. The van der Waals surface area contributed by atoms with Crippen molar-refractivity contribution in [1.82, 2.24) is 39.0 Å². The van der Waals surface area contributed by atoms with Crippen LogP contribution >= 0.6 is 0 Å². The molecule has 0 spiro atoms. The molecule has 4 aromatic carbocycles. The Bertz CT molecular complexity index is 2850. The molecule has 0 atom stereocenters. The molecule has 0 saturated heterocycles. The van der Waals surface area contributed by atoms with E-state index in [1.807, 2.05) is 0 Å². The van der Waals surface area contributed by atoms with Gasteiger partial charge in [-0.2, -0.15) is 0 Å². The van der Waals surface area contributed by atoms with E-state index in [4.69, 9.17) is 23.7 Å². The molecule has 6 aromatic heterocycles. The molecule has 0 amide bonds. The summed E-state index contributed by atoms with van der Waals surface area (Å²) in [5.74, 6) is -5.14. The minimum atomic E-state index is -0.649. The van der Waals surface area contributed by atoms with Crippen LogP contribution in [0, 0.1) is 94.5 Å². The Labute approximate surface area is 445 Å². The number of pyridine rings is 4. The zero-order valence-electron chi connectivity index (χ0n) is 37.4. The molecule has 21 heteroatoms. The van der Waals surface area contributed by atoms with Gasteiger partial charge in [0.1, 0.15) is 12.7 Å². The predicted octanol–water partition coefficient (Wildman–Crippen LogP) is 12.1. The summed E-state index contributed by atoms with van der Waals surface area (Å²) in [4.78, 5) is 34.7. The molecule has 0 aliphatic rings. The number of halogens is 8. The number of carbonyl (C=O) groups is 1. The SMILES string of the molecule is Fc1c[c-]c(-c2ccccn2)c(F)c1.Fc1c[c-]c(-c2ccccn2)c(F)c1.Fc1c[c-]c(-c2ccccn2)c(F)c1.Fc1c[c-]c(-c2ccccn2)c(F)c1.O=C(n1ccnc1)n1ccnc1.[C-]#N.[C-]#N.[Ir+3].[Ir]. The van der Waals surface area contributed by atoms with Gasteiger partial charge in [-0.3, -0.25) is 44.3 Å². The Morgan fingerprint density at radius 2 is 0.662 bits per heavy atom. The fourth-order valence-corrected chi connectivity index (χ4v) is 5.49. The van der Waals surface area contributed by atoms with Crippen molar-refractivity contribution in [3.63, 3.8) is 0 Å². The van der Waals surface area contributed by atoms with Gasteiger partial charge in [0, 0.05) is 116 Å². The van der Waals surface area contributed by atoms with Crippen molar-refractivity contribution in [2.75, 3.05) is 0 Å². The summed E-state index contributed by atoms with van der Waals surface area (Å²) in [5.41, 5.74) is 2.54. The molecule has 10 rings (SSSR count). The second-order valence-electron chi connectivity index (χ2n) is 13.2. The number of hydrogen-bond donors (Lipinski definition) is 0. The molecule has 1 radical (unpaired) electrons. The summed E-state index contributed by atoms with van der Waals surface area (Å²) in [5, 5.41) is 12.5. The average molecular weight is 1360 g/mol. The molecule has 0 aliphatic heterocycles. The number of aromatic nitrogens is 8. The fraction of sp³-hybridized carbons (Fsp3) is 0. The Morgan fingerprint density at radius 1 is 0.419 bits per heavy atom. The van der Waals surface area contributed by atoms with E-state index in [-0.39, 0.29) is 68.5 Å².